The maximum atomic E-state index is 10.1. The van der Waals surface area contributed by atoms with Gasteiger partial charge in [0.15, 0.2) is 0 Å². The molecule has 0 heterocycles. The van der Waals surface area contributed by atoms with Gasteiger partial charge in [0.05, 0.1) is 12.5 Å². The van der Waals surface area contributed by atoms with Crippen LogP contribution in [0.1, 0.15) is 32.6 Å². The Hall–Kier alpha value is -1.18. The summed E-state index contributed by atoms with van der Waals surface area (Å²) in [5, 5.41) is 24.6. The minimum absolute atomic E-state index is 0.167. The van der Waals surface area contributed by atoms with Crippen LogP contribution in [0, 0.1) is 0 Å². The molecule has 0 unspecified atom stereocenters. The highest BCUT2D eigenvalue weighted by atomic mass is 16.4. The molecule has 0 amide bonds. The van der Waals surface area contributed by atoms with Gasteiger partial charge in [-0.25, -0.2) is 0 Å². The number of carboxylic acid groups (broad SMARTS) is 2. The molecule has 0 spiro atoms. The van der Waals surface area contributed by atoms with Gasteiger partial charge in [-0.15, -0.1) is 0 Å². The molecule has 0 aliphatic rings. The summed E-state index contributed by atoms with van der Waals surface area (Å²) >= 11 is 0. The number of aliphatic hydroxyl groups is 1. The fraction of sp³-hybridized carbons (Fsp3) is 0.800. The van der Waals surface area contributed by atoms with Crippen molar-refractivity contribution in [2.24, 2.45) is 11.5 Å². The van der Waals surface area contributed by atoms with Crippen molar-refractivity contribution < 1.29 is 24.9 Å². The van der Waals surface area contributed by atoms with Crippen molar-refractivity contribution in [3.05, 3.63) is 0 Å². The molecule has 0 aliphatic heterocycles. The summed E-state index contributed by atoms with van der Waals surface area (Å²) in [5.74, 6) is -1.90. The summed E-state index contributed by atoms with van der Waals surface area (Å²) in [6, 6.07) is -0.716. The smallest absolute Gasteiger partial charge is 0.320 e. The second-order valence-electron chi connectivity index (χ2n) is 3.68. The van der Waals surface area contributed by atoms with Gasteiger partial charge in [-0.2, -0.15) is 0 Å². The first-order chi connectivity index (χ1) is 7.81. The highest BCUT2D eigenvalue weighted by Crippen LogP contribution is 1.96. The molecular weight excluding hydrogens is 228 g/mol. The van der Waals surface area contributed by atoms with E-state index in [4.69, 9.17) is 26.8 Å². The molecule has 0 aromatic carbocycles. The lowest BCUT2D eigenvalue weighted by Crippen LogP contribution is -2.29. The van der Waals surface area contributed by atoms with E-state index in [-0.39, 0.29) is 6.42 Å². The number of carboxylic acids is 2. The summed E-state index contributed by atoms with van der Waals surface area (Å²) in [7, 11) is 0. The van der Waals surface area contributed by atoms with E-state index in [2.05, 4.69) is 0 Å². The first-order valence-electron chi connectivity index (χ1n) is 5.39. The van der Waals surface area contributed by atoms with Crippen LogP contribution >= 0.6 is 0 Å². The zero-order valence-corrected chi connectivity index (χ0v) is 10.0. The highest BCUT2D eigenvalue weighted by molar-refractivity contribution is 5.72. The summed E-state index contributed by atoms with van der Waals surface area (Å²) < 4.78 is 0. The number of aliphatic hydroxyl groups excluding tert-OH is 1. The SMILES string of the molecule is C[C@@H](O)CC(=O)O.NCCCC[C@H](N)C(=O)O. The largest absolute Gasteiger partial charge is 0.481 e. The summed E-state index contributed by atoms with van der Waals surface area (Å²) in [4.78, 5) is 19.8. The van der Waals surface area contributed by atoms with E-state index >= 15 is 0 Å². The maximum absolute atomic E-state index is 10.1. The Kier molecular flexibility index (Phi) is 12.1. The van der Waals surface area contributed by atoms with Crippen LogP contribution in [0.4, 0.5) is 0 Å². The lowest BCUT2D eigenvalue weighted by atomic mass is 10.1. The van der Waals surface area contributed by atoms with Gasteiger partial charge in [0, 0.05) is 0 Å². The van der Waals surface area contributed by atoms with Gasteiger partial charge >= 0.3 is 11.9 Å². The van der Waals surface area contributed by atoms with Gasteiger partial charge < -0.3 is 26.8 Å². The quantitative estimate of drug-likeness (QED) is 0.378. The molecule has 17 heavy (non-hydrogen) atoms. The van der Waals surface area contributed by atoms with E-state index in [0.29, 0.717) is 13.0 Å². The van der Waals surface area contributed by atoms with Gasteiger partial charge in [-0.1, -0.05) is 6.42 Å². The van der Waals surface area contributed by atoms with Crippen molar-refractivity contribution >= 4 is 11.9 Å². The van der Waals surface area contributed by atoms with Gasteiger partial charge in [0.1, 0.15) is 6.04 Å². The highest BCUT2D eigenvalue weighted by Gasteiger charge is 2.09. The second kappa shape index (κ2) is 11.3. The zero-order chi connectivity index (χ0) is 13.8. The van der Waals surface area contributed by atoms with E-state index in [0.717, 1.165) is 12.8 Å². The normalized spacial score (nSPS) is 13.2. The monoisotopic (exact) mass is 250 g/mol. The Balaban J connectivity index is 0. The summed E-state index contributed by atoms with van der Waals surface area (Å²) in [6.45, 7) is 2.04. The van der Waals surface area contributed by atoms with Crippen molar-refractivity contribution in [1.82, 2.24) is 0 Å². The van der Waals surface area contributed by atoms with Crippen molar-refractivity contribution in [1.29, 1.82) is 0 Å². The van der Waals surface area contributed by atoms with E-state index in [1.807, 2.05) is 0 Å². The average molecular weight is 250 g/mol. The summed E-state index contributed by atoms with van der Waals surface area (Å²) in [5.41, 5.74) is 10.4. The summed E-state index contributed by atoms with van der Waals surface area (Å²) in [6.07, 6.45) is 1.27. The number of carbonyl (C=O) groups is 2. The van der Waals surface area contributed by atoms with Crippen LogP contribution in [0.15, 0.2) is 0 Å². The topological polar surface area (TPSA) is 147 Å². The molecule has 7 heteroatoms. The fourth-order valence-corrected chi connectivity index (χ4v) is 0.885. The fourth-order valence-electron chi connectivity index (χ4n) is 0.885. The lowest BCUT2D eigenvalue weighted by molar-refractivity contribution is -0.139. The molecule has 0 rings (SSSR count). The molecule has 0 radical (unpaired) electrons. The molecule has 0 aromatic rings. The van der Waals surface area contributed by atoms with E-state index in [1.165, 1.54) is 6.92 Å². The van der Waals surface area contributed by atoms with Gasteiger partial charge in [-0.05, 0) is 26.3 Å². The Morgan fingerprint density at radius 2 is 1.76 bits per heavy atom. The van der Waals surface area contributed by atoms with Crippen LogP contribution in [0.25, 0.3) is 0 Å². The number of hydrogen-bond donors (Lipinski definition) is 5. The Bertz CT molecular complexity index is 221. The van der Waals surface area contributed by atoms with Crippen LogP contribution < -0.4 is 11.5 Å². The maximum Gasteiger partial charge on any atom is 0.320 e. The minimum atomic E-state index is -0.963. The molecule has 7 nitrogen and oxygen atoms in total. The molecule has 7 N–H and O–H groups in total. The van der Waals surface area contributed by atoms with Crippen molar-refractivity contribution in [2.45, 2.75) is 44.8 Å². The minimum Gasteiger partial charge on any atom is -0.481 e. The van der Waals surface area contributed by atoms with E-state index in [9.17, 15) is 9.59 Å². The van der Waals surface area contributed by atoms with Crippen molar-refractivity contribution in [2.75, 3.05) is 6.54 Å². The van der Waals surface area contributed by atoms with Crippen LogP contribution in [0.5, 0.6) is 0 Å². The standard InChI is InChI=1S/C6H14N2O2.C4H8O3/c7-4-2-1-3-5(8)6(9)10;1-3(5)2-4(6)7/h5H,1-4,7-8H2,(H,9,10);3,5H,2H2,1H3,(H,6,7)/t5-;3-/m01/s1. The van der Waals surface area contributed by atoms with Crippen LogP contribution in [0.3, 0.4) is 0 Å². The van der Waals surface area contributed by atoms with E-state index in [1.54, 1.807) is 0 Å². The van der Waals surface area contributed by atoms with Crippen LogP contribution in [-0.2, 0) is 9.59 Å². The third-order valence-corrected chi connectivity index (χ3v) is 1.76. The van der Waals surface area contributed by atoms with Gasteiger partial charge in [0.2, 0.25) is 0 Å². The second-order valence-corrected chi connectivity index (χ2v) is 3.68. The molecule has 102 valence electrons. The third-order valence-electron chi connectivity index (χ3n) is 1.76. The predicted octanol–water partition coefficient (Wildman–Crippen LogP) is -0.631. The number of nitrogens with two attached hydrogens (primary N) is 2. The van der Waals surface area contributed by atoms with E-state index < -0.39 is 24.1 Å². The predicted molar refractivity (Wildman–Crippen MR) is 62.5 cm³/mol. The molecular formula is C10H22N2O5. The van der Waals surface area contributed by atoms with Crippen molar-refractivity contribution in [3.63, 3.8) is 0 Å². The molecule has 0 bridgehead atoms. The Labute approximate surface area is 100 Å². The first-order valence-corrected chi connectivity index (χ1v) is 5.39. The van der Waals surface area contributed by atoms with Crippen molar-refractivity contribution in [3.8, 4) is 0 Å². The molecule has 2 atom stereocenters. The third kappa shape index (κ3) is 17.4. The molecule has 0 saturated carbocycles. The Morgan fingerprint density at radius 3 is 2.00 bits per heavy atom. The lowest BCUT2D eigenvalue weighted by Gasteiger charge is -2.03. The first kappa shape index (κ1) is 18.2. The molecule has 0 fully saturated rings. The number of rotatable bonds is 7. The number of aliphatic carboxylic acids is 2. The average Bonchev–Trinajstić information content (AvgIpc) is 2.16. The van der Waals surface area contributed by atoms with Gasteiger partial charge in [0.25, 0.3) is 0 Å². The molecule has 0 aliphatic carbocycles. The Morgan fingerprint density at radius 1 is 1.24 bits per heavy atom. The van der Waals surface area contributed by atoms with Gasteiger partial charge in [-0.3, -0.25) is 9.59 Å². The van der Waals surface area contributed by atoms with Crippen LogP contribution in [0.2, 0.25) is 0 Å². The number of unbranched alkanes of at least 4 members (excludes halogenated alkanes) is 1. The molecule has 0 aromatic heterocycles. The van der Waals surface area contributed by atoms with Crippen LogP contribution in [-0.4, -0.2) is 45.9 Å². The number of hydrogen-bond acceptors (Lipinski definition) is 5. The molecule has 0 saturated heterocycles. The zero-order valence-electron chi connectivity index (χ0n) is 10.0.